The molecule has 2 atom stereocenters. The van der Waals surface area contributed by atoms with Gasteiger partial charge in [0.15, 0.2) is 0 Å². The molecule has 2 fully saturated rings. The normalized spacial score (nSPS) is 40.5. The molecule has 0 saturated heterocycles. The van der Waals surface area contributed by atoms with Gasteiger partial charge in [0.2, 0.25) is 0 Å². The highest BCUT2D eigenvalue weighted by Gasteiger charge is 2.53. The topological polar surface area (TPSA) is 30.7 Å². The second-order valence-electron chi connectivity index (χ2n) is 3.66. The lowest BCUT2D eigenvalue weighted by Crippen LogP contribution is -1.95. The Morgan fingerprint density at radius 2 is 1.73 bits per heavy atom. The van der Waals surface area contributed by atoms with E-state index in [9.17, 15) is 0 Å². The fourth-order valence-electron chi connectivity index (χ4n) is 2.59. The maximum Gasteiger partial charge on any atom is 0.119 e. The molecule has 1 aromatic heterocycles. The molecular weight excluding hydrogens is 138 g/mol. The van der Waals surface area contributed by atoms with E-state index in [1.807, 2.05) is 12.7 Å². The van der Waals surface area contributed by atoms with Crippen LogP contribution in [0.4, 0.5) is 0 Å². The first-order valence-electron chi connectivity index (χ1n) is 4.31. The lowest BCUT2D eigenvalue weighted by molar-refractivity contribution is 0.561. The molecule has 0 radical (unpaired) electrons. The van der Waals surface area contributed by atoms with Gasteiger partial charge < -0.3 is 4.57 Å². The zero-order chi connectivity index (χ0) is 7.26. The van der Waals surface area contributed by atoms with Crippen molar-refractivity contribution in [2.24, 2.45) is 11.8 Å². The van der Waals surface area contributed by atoms with Crippen LogP contribution in [0, 0.1) is 11.8 Å². The molecule has 2 aliphatic carbocycles. The Labute approximate surface area is 65.4 Å². The maximum atomic E-state index is 3.82. The van der Waals surface area contributed by atoms with Crippen molar-refractivity contribution in [2.45, 2.75) is 25.3 Å². The number of fused-ring (bicyclic) bond motifs is 1. The summed E-state index contributed by atoms with van der Waals surface area (Å²) in [6, 6.07) is 0.763. The Balaban J connectivity index is 1.85. The smallest absolute Gasteiger partial charge is 0.119 e. The molecule has 0 bridgehead atoms. The molecule has 1 heterocycles. The van der Waals surface area contributed by atoms with Gasteiger partial charge in [-0.1, -0.05) is 6.42 Å². The van der Waals surface area contributed by atoms with E-state index in [1.54, 1.807) is 0 Å². The van der Waals surface area contributed by atoms with E-state index >= 15 is 0 Å². The van der Waals surface area contributed by atoms with Gasteiger partial charge in [0.05, 0.1) is 0 Å². The number of nitrogens with zero attached hydrogens (tertiary/aromatic N) is 3. The van der Waals surface area contributed by atoms with Crippen LogP contribution in [0.15, 0.2) is 12.7 Å². The predicted molar refractivity (Wildman–Crippen MR) is 39.9 cm³/mol. The SMILES string of the molecule is c1nncn1C1C2CCCC21. The van der Waals surface area contributed by atoms with Crippen LogP contribution in [0.2, 0.25) is 0 Å². The van der Waals surface area contributed by atoms with E-state index < -0.39 is 0 Å². The van der Waals surface area contributed by atoms with Crippen molar-refractivity contribution in [2.75, 3.05) is 0 Å². The summed E-state index contributed by atoms with van der Waals surface area (Å²) in [5, 5.41) is 7.65. The van der Waals surface area contributed by atoms with Crippen molar-refractivity contribution in [1.29, 1.82) is 0 Å². The molecule has 11 heavy (non-hydrogen) atoms. The number of hydrogen-bond acceptors (Lipinski definition) is 2. The summed E-state index contributed by atoms with van der Waals surface area (Å²) in [4.78, 5) is 0. The monoisotopic (exact) mass is 149 g/mol. The minimum atomic E-state index is 0.763. The zero-order valence-electron chi connectivity index (χ0n) is 6.35. The summed E-state index contributed by atoms with van der Waals surface area (Å²) in [6.45, 7) is 0. The molecule has 0 aliphatic heterocycles. The average molecular weight is 149 g/mol. The van der Waals surface area contributed by atoms with Gasteiger partial charge >= 0.3 is 0 Å². The van der Waals surface area contributed by atoms with Crippen LogP contribution in [-0.4, -0.2) is 14.8 Å². The first-order chi connectivity index (χ1) is 5.47. The maximum absolute atomic E-state index is 3.82. The Kier molecular flexibility index (Phi) is 0.962. The molecule has 2 unspecified atom stereocenters. The van der Waals surface area contributed by atoms with Crippen molar-refractivity contribution < 1.29 is 0 Å². The minimum Gasteiger partial charge on any atom is -0.317 e. The lowest BCUT2D eigenvalue weighted by Gasteiger charge is -2.01. The highest BCUT2D eigenvalue weighted by atomic mass is 15.3. The summed E-state index contributed by atoms with van der Waals surface area (Å²) in [7, 11) is 0. The highest BCUT2D eigenvalue weighted by Crippen LogP contribution is 2.60. The molecule has 0 aromatic carbocycles. The summed E-state index contributed by atoms with van der Waals surface area (Å²) >= 11 is 0. The van der Waals surface area contributed by atoms with E-state index in [-0.39, 0.29) is 0 Å². The van der Waals surface area contributed by atoms with Crippen molar-refractivity contribution in [3.63, 3.8) is 0 Å². The predicted octanol–water partition coefficient (Wildman–Crippen LogP) is 1.25. The molecule has 0 spiro atoms. The van der Waals surface area contributed by atoms with E-state index in [2.05, 4.69) is 14.8 Å². The fraction of sp³-hybridized carbons (Fsp3) is 0.750. The van der Waals surface area contributed by atoms with Crippen LogP contribution in [0.5, 0.6) is 0 Å². The molecule has 3 nitrogen and oxygen atoms in total. The second kappa shape index (κ2) is 1.84. The van der Waals surface area contributed by atoms with Gasteiger partial charge in [-0.25, -0.2) is 0 Å². The molecule has 2 aliphatic rings. The first kappa shape index (κ1) is 5.75. The number of rotatable bonds is 1. The fourth-order valence-corrected chi connectivity index (χ4v) is 2.59. The van der Waals surface area contributed by atoms with Crippen LogP contribution in [0.3, 0.4) is 0 Å². The Hall–Kier alpha value is -0.860. The standard InChI is InChI=1S/C8H11N3/c1-2-6-7(3-1)8(6)11-4-9-10-5-11/h4-8H,1-3H2. The quantitative estimate of drug-likeness (QED) is 0.601. The third-order valence-corrected chi connectivity index (χ3v) is 3.14. The summed E-state index contributed by atoms with van der Waals surface area (Å²) in [6.07, 6.45) is 7.99. The molecule has 3 rings (SSSR count). The Morgan fingerprint density at radius 3 is 2.36 bits per heavy atom. The van der Waals surface area contributed by atoms with Crippen molar-refractivity contribution in [3.8, 4) is 0 Å². The van der Waals surface area contributed by atoms with Crippen molar-refractivity contribution in [1.82, 2.24) is 14.8 Å². The highest BCUT2D eigenvalue weighted by molar-refractivity contribution is 5.05. The van der Waals surface area contributed by atoms with Gasteiger partial charge in [-0.3, -0.25) is 0 Å². The van der Waals surface area contributed by atoms with E-state index in [4.69, 9.17) is 0 Å². The third-order valence-electron chi connectivity index (χ3n) is 3.14. The number of hydrogen-bond donors (Lipinski definition) is 0. The van der Waals surface area contributed by atoms with Crippen LogP contribution in [0.25, 0.3) is 0 Å². The number of aromatic nitrogens is 3. The average Bonchev–Trinajstić information content (AvgIpc) is 2.57. The van der Waals surface area contributed by atoms with Gasteiger partial charge in [0, 0.05) is 6.04 Å². The summed E-state index contributed by atoms with van der Waals surface area (Å²) in [5.41, 5.74) is 0. The van der Waals surface area contributed by atoms with E-state index in [1.165, 1.54) is 19.3 Å². The largest absolute Gasteiger partial charge is 0.317 e. The zero-order valence-corrected chi connectivity index (χ0v) is 6.35. The Morgan fingerprint density at radius 1 is 1.09 bits per heavy atom. The van der Waals surface area contributed by atoms with Gasteiger partial charge in [0.1, 0.15) is 12.7 Å². The van der Waals surface area contributed by atoms with Gasteiger partial charge in [0.25, 0.3) is 0 Å². The van der Waals surface area contributed by atoms with E-state index in [0.29, 0.717) is 0 Å². The van der Waals surface area contributed by atoms with Crippen LogP contribution < -0.4 is 0 Å². The lowest BCUT2D eigenvalue weighted by atomic mass is 10.2. The Bertz CT molecular complexity index is 244. The van der Waals surface area contributed by atoms with Crippen LogP contribution >= 0.6 is 0 Å². The van der Waals surface area contributed by atoms with Gasteiger partial charge in [-0.15, -0.1) is 10.2 Å². The van der Waals surface area contributed by atoms with Crippen molar-refractivity contribution >= 4 is 0 Å². The minimum absolute atomic E-state index is 0.763. The van der Waals surface area contributed by atoms with Crippen LogP contribution in [0.1, 0.15) is 25.3 Å². The molecule has 2 saturated carbocycles. The molecule has 58 valence electrons. The third kappa shape index (κ3) is 0.682. The summed E-state index contributed by atoms with van der Waals surface area (Å²) in [5.74, 6) is 1.93. The first-order valence-corrected chi connectivity index (χ1v) is 4.31. The second-order valence-corrected chi connectivity index (χ2v) is 3.66. The molecule has 1 aromatic rings. The van der Waals surface area contributed by atoms with E-state index in [0.717, 1.165) is 17.9 Å². The molecule has 0 amide bonds. The van der Waals surface area contributed by atoms with Gasteiger partial charge in [-0.05, 0) is 24.7 Å². The molecule has 3 heteroatoms. The van der Waals surface area contributed by atoms with Crippen molar-refractivity contribution in [3.05, 3.63) is 12.7 Å². The molecule has 0 N–H and O–H groups in total. The molecular formula is C8H11N3. The summed E-state index contributed by atoms with van der Waals surface area (Å²) < 4.78 is 2.18. The van der Waals surface area contributed by atoms with Gasteiger partial charge in [-0.2, -0.15) is 0 Å². The van der Waals surface area contributed by atoms with Crippen LogP contribution in [-0.2, 0) is 0 Å².